The molecule has 160 valence electrons. The van der Waals surface area contributed by atoms with Gasteiger partial charge in [0.1, 0.15) is 29.7 Å². The van der Waals surface area contributed by atoms with E-state index in [-0.39, 0.29) is 24.9 Å². The Morgan fingerprint density at radius 1 is 1.29 bits per heavy atom. The summed E-state index contributed by atoms with van der Waals surface area (Å²) in [5, 5.41) is 12.3. The van der Waals surface area contributed by atoms with Crippen LogP contribution in [0, 0.1) is 5.82 Å². The smallest absolute Gasteiger partial charge is 0.150 e. The number of ether oxygens (including phenoxy) is 1. The molecule has 0 aliphatic carbocycles. The molecule has 0 atom stereocenters. The molecule has 1 heterocycles. The lowest BCUT2D eigenvalue weighted by Gasteiger charge is -2.09. The number of amidine groups is 1. The highest BCUT2D eigenvalue weighted by Gasteiger charge is 2.11. The third-order valence-corrected chi connectivity index (χ3v) is 4.50. The summed E-state index contributed by atoms with van der Waals surface area (Å²) < 4.78 is 19.0. The van der Waals surface area contributed by atoms with E-state index in [1.165, 1.54) is 18.3 Å². The van der Waals surface area contributed by atoms with E-state index in [2.05, 4.69) is 21.9 Å². The van der Waals surface area contributed by atoms with E-state index < -0.39 is 0 Å². The number of aromatic nitrogens is 1. The van der Waals surface area contributed by atoms with Gasteiger partial charge in [-0.1, -0.05) is 36.4 Å². The predicted octanol–water partition coefficient (Wildman–Crippen LogP) is 4.98. The Bertz CT molecular complexity index is 1120. The molecule has 5 N–H and O–H groups in total. The molecule has 0 aliphatic rings. The first kappa shape index (κ1) is 22.1. The van der Waals surface area contributed by atoms with Gasteiger partial charge in [-0.25, -0.2) is 9.38 Å². The molecule has 0 radical (unpaired) electrons. The molecule has 6 nitrogen and oxygen atoms in total. The van der Waals surface area contributed by atoms with Crippen LogP contribution in [0.3, 0.4) is 0 Å². The van der Waals surface area contributed by atoms with Gasteiger partial charge >= 0.3 is 0 Å². The van der Waals surface area contributed by atoms with Crippen molar-refractivity contribution in [2.24, 2.45) is 10.7 Å². The van der Waals surface area contributed by atoms with E-state index in [9.17, 15) is 4.39 Å². The van der Waals surface area contributed by atoms with E-state index in [0.717, 1.165) is 5.69 Å². The number of aliphatic hydroxyl groups is 1. The van der Waals surface area contributed by atoms with Crippen molar-refractivity contribution in [1.82, 2.24) is 4.98 Å². The van der Waals surface area contributed by atoms with Crippen molar-refractivity contribution in [2.75, 3.05) is 11.9 Å². The highest BCUT2D eigenvalue weighted by Crippen LogP contribution is 2.30. The minimum atomic E-state index is -0.322. The molecule has 3 rings (SSSR count). The summed E-state index contributed by atoms with van der Waals surface area (Å²) >= 11 is 6.32. The predicted molar refractivity (Wildman–Crippen MR) is 123 cm³/mol. The number of hydrogen-bond acceptors (Lipinski definition) is 4. The van der Waals surface area contributed by atoms with E-state index in [1.54, 1.807) is 42.5 Å². The second kappa shape index (κ2) is 10.5. The number of aliphatic hydroxyl groups excluding tert-OH is 1. The lowest BCUT2D eigenvalue weighted by molar-refractivity contribution is 0.306. The molecule has 0 bridgehead atoms. The van der Waals surface area contributed by atoms with Gasteiger partial charge in [-0.2, -0.15) is 0 Å². The van der Waals surface area contributed by atoms with E-state index in [0.29, 0.717) is 33.4 Å². The fourth-order valence-electron chi connectivity index (χ4n) is 2.83. The number of nitrogens with two attached hydrogens (primary N) is 1. The number of halogens is 2. The zero-order valence-corrected chi connectivity index (χ0v) is 17.4. The van der Waals surface area contributed by atoms with Crippen LogP contribution in [-0.4, -0.2) is 22.5 Å². The number of rotatable bonds is 9. The zero-order valence-electron chi connectivity index (χ0n) is 16.6. The maximum Gasteiger partial charge on any atom is 0.150 e. The monoisotopic (exact) mass is 440 g/mol. The number of aliphatic imine (C=N–C) groups is 1. The first-order valence-corrected chi connectivity index (χ1v) is 9.77. The van der Waals surface area contributed by atoms with Crippen LogP contribution in [0.2, 0.25) is 5.02 Å². The average molecular weight is 441 g/mol. The van der Waals surface area contributed by atoms with Crippen LogP contribution in [0.4, 0.5) is 15.8 Å². The summed E-state index contributed by atoms with van der Waals surface area (Å²) in [6, 6.07) is 13.0. The molecule has 1 aromatic heterocycles. The molecule has 0 amide bonds. The zero-order chi connectivity index (χ0) is 22.2. The van der Waals surface area contributed by atoms with Gasteiger partial charge in [0.15, 0.2) is 0 Å². The van der Waals surface area contributed by atoms with Crippen molar-refractivity contribution in [3.8, 4) is 5.75 Å². The van der Waals surface area contributed by atoms with E-state index >= 15 is 0 Å². The second-order valence-corrected chi connectivity index (χ2v) is 6.88. The third-order valence-electron chi connectivity index (χ3n) is 4.20. The maximum atomic E-state index is 13.3. The molecule has 31 heavy (non-hydrogen) atoms. The van der Waals surface area contributed by atoms with Crippen LogP contribution in [-0.2, 0) is 6.61 Å². The quantitative estimate of drug-likeness (QED) is 0.278. The number of hydrogen-bond donors (Lipinski definition) is 4. The summed E-state index contributed by atoms with van der Waals surface area (Å²) in [5.74, 6) is 0.364. The van der Waals surface area contributed by atoms with Gasteiger partial charge in [-0.3, -0.25) is 0 Å². The van der Waals surface area contributed by atoms with Crippen molar-refractivity contribution >= 4 is 34.9 Å². The fraction of sp³-hybridized carbons (Fsp3) is 0.0870. The molecule has 3 aromatic rings. The Labute approximate surface area is 184 Å². The molecular formula is C23H22ClFN4O2. The first-order chi connectivity index (χ1) is 15.0. The summed E-state index contributed by atoms with van der Waals surface area (Å²) in [6.07, 6.45) is 4.86. The normalized spacial score (nSPS) is 11.6. The molecule has 8 heteroatoms. The van der Waals surface area contributed by atoms with Gasteiger partial charge in [-0.05, 0) is 54.2 Å². The fourth-order valence-corrected chi connectivity index (χ4v) is 3.06. The molecule has 0 spiro atoms. The van der Waals surface area contributed by atoms with Crippen molar-refractivity contribution in [3.63, 3.8) is 0 Å². The van der Waals surface area contributed by atoms with Crippen LogP contribution in [0.5, 0.6) is 5.75 Å². The molecule has 0 saturated heterocycles. The lowest BCUT2D eigenvalue weighted by Crippen LogP contribution is -2.15. The Hall–Kier alpha value is -3.55. The molecule has 0 unspecified atom stereocenters. The Balaban J connectivity index is 1.78. The van der Waals surface area contributed by atoms with Gasteiger partial charge < -0.3 is 25.9 Å². The Morgan fingerprint density at radius 3 is 2.84 bits per heavy atom. The molecule has 2 aromatic carbocycles. The SMILES string of the molecule is C=CNc1cc(/C=C/CO)[nH]c1C(N)=Nc1ccc(OCc2cccc(F)c2)c(Cl)c1. The summed E-state index contributed by atoms with van der Waals surface area (Å²) in [5.41, 5.74) is 9.43. The van der Waals surface area contributed by atoms with Crippen LogP contribution < -0.4 is 15.8 Å². The van der Waals surface area contributed by atoms with Gasteiger partial charge in [0.05, 0.1) is 23.0 Å². The molecule has 0 aliphatic heterocycles. The van der Waals surface area contributed by atoms with Crippen LogP contribution in [0.1, 0.15) is 17.0 Å². The molecule has 0 fully saturated rings. The van der Waals surface area contributed by atoms with Gasteiger partial charge in [-0.15, -0.1) is 0 Å². The summed E-state index contributed by atoms with van der Waals surface area (Å²) in [6.45, 7) is 3.77. The maximum absolute atomic E-state index is 13.3. The highest BCUT2D eigenvalue weighted by molar-refractivity contribution is 6.32. The van der Waals surface area contributed by atoms with Crippen LogP contribution >= 0.6 is 11.6 Å². The topological polar surface area (TPSA) is 95.7 Å². The number of nitrogens with one attached hydrogen (secondary N) is 2. The average Bonchev–Trinajstić information content (AvgIpc) is 3.15. The first-order valence-electron chi connectivity index (χ1n) is 9.39. The van der Waals surface area contributed by atoms with Crippen molar-refractivity contribution in [1.29, 1.82) is 0 Å². The minimum Gasteiger partial charge on any atom is -0.487 e. The van der Waals surface area contributed by atoms with Crippen LogP contribution in [0.25, 0.3) is 6.08 Å². The number of aromatic amines is 1. The number of H-pyrrole nitrogens is 1. The molecular weight excluding hydrogens is 419 g/mol. The number of nitrogens with zero attached hydrogens (tertiary/aromatic N) is 1. The summed E-state index contributed by atoms with van der Waals surface area (Å²) in [4.78, 5) is 7.56. The van der Waals surface area contributed by atoms with Crippen molar-refractivity contribution in [3.05, 3.63) is 95.2 Å². The number of anilines is 1. The van der Waals surface area contributed by atoms with Crippen LogP contribution in [0.15, 0.2) is 72.4 Å². The lowest BCUT2D eigenvalue weighted by atomic mass is 10.2. The van der Waals surface area contributed by atoms with Crippen molar-refractivity contribution < 1.29 is 14.2 Å². The third kappa shape index (κ3) is 5.97. The van der Waals surface area contributed by atoms with Gasteiger partial charge in [0.2, 0.25) is 0 Å². The Kier molecular flexibility index (Phi) is 7.48. The van der Waals surface area contributed by atoms with E-state index in [1.807, 2.05) is 6.07 Å². The number of benzene rings is 2. The summed E-state index contributed by atoms with van der Waals surface area (Å²) in [7, 11) is 0. The largest absolute Gasteiger partial charge is 0.487 e. The van der Waals surface area contributed by atoms with Gasteiger partial charge in [0.25, 0.3) is 0 Å². The standard InChI is InChI=1S/C23H22ClFN4O2/c1-2-27-20-13-17(7-4-10-30)28-22(20)23(26)29-18-8-9-21(19(24)12-18)31-14-15-5-3-6-16(25)11-15/h2-9,11-13,27-28,30H,1,10,14H2,(H2,26,29)/b7-4+. The second-order valence-electron chi connectivity index (χ2n) is 6.48. The van der Waals surface area contributed by atoms with Crippen molar-refractivity contribution in [2.45, 2.75) is 6.61 Å². The van der Waals surface area contributed by atoms with E-state index in [4.69, 9.17) is 27.2 Å². The highest BCUT2D eigenvalue weighted by atomic mass is 35.5. The van der Waals surface area contributed by atoms with Gasteiger partial charge in [0, 0.05) is 5.69 Å². The Morgan fingerprint density at radius 2 is 2.13 bits per heavy atom. The minimum absolute atomic E-state index is 0.0751. The molecule has 0 saturated carbocycles.